The van der Waals surface area contributed by atoms with E-state index in [1.807, 2.05) is 44.6 Å². The molecule has 0 aliphatic heterocycles. The minimum atomic E-state index is -0.251. The van der Waals surface area contributed by atoms with Crippen molar-refractivity contribution in [2.45, 2.75) is 34.2 Å². The Balaban J connectivity index is 1.88. The molecule has 1 aromatic heterocycles. The Labute approximate surface area is 183 Å². The van der Waals surface area contributed by atoms with Crippen molar-refractivity contribution in [3.8, 4) is 5.75 Å². The summed E-state index contributed by atoms with van der Waals surface area (Å²) in [5.41, 5.74) is 6.69. The minimum Gasteiger partial charge on any atom is -0.497 e. The second-order valence-corrected chi connectivity index (χ2v) is 7.49. The van der Waals surface area contributed by atoms with E-state index in [1.165, 1.54) is 0 Å². The van der Waals surface area contributed by atoms with Crippen LogP contribution in [0, 0.1) is 27.7 Å². The molecule has 2 N–H and O–H groups in total. The SMILES string of the molecule is COc1ccc(C(=O)NC(=NCc2c(C)nn(C)c2C)Nc2cccc(C)c2C)cc1. The van der Waals surface area contributed by atoms with Gasteiger partial charge in [0.2, 0.25) is 5.96 Å². The van der Waals surface area contributed by atoms with Gasteiger partial charge in [0, 0.05) is 29.6 Å². The van der Waals surface area contributed by atoms with E-state index < -0.39 is 0 Å². The molecule has 0 saturated carbocycles. The maximum absolute atomic E-state index is 12.9. The predicted molar refractivity (Wildman–Crippen MR) is 124 cm³/mol. The lowest BCUT2D eigenvalue weighted by atomic mass is 10.1. The Bertz CT molecular complexity index is 1110. The van der Waals surface area contributed by atoms with Gasteiger partial charge in [0.1, 0.15) is 5.75 Å². The number of ether oxygens (including phenoxy) is 1. The molecule has 0 spiro atoms. The fourth-order valence-electron chi connectivity index (χ4n) is 3.25. The average molecular weight is 420 g/mol. The zero-order valence-corrected chi connectivity index (χ0v) is 18.9. The van der Waals surface area contributed by atoms with Crippen LogP contribution in [0.3, 0.4) is 0 Å². The number of amides is 1. The molecule has 1 heterocycles. The summed E-state index contributed by atoms with van der Waals surface area (Å²) in [5.74, 6) is 0.831. The number of carbonyl (C=O) groups is 1. The van der Waals surface area contributed by atoms with E-state index in [1.54, 1.807) is 31.4 Å². The van der Waals surface area contributed by atoms with Gasteiger partial charge >= 0.3 is 0 Å². The molecule has 0 fully saturated rings. The number of hydrogen-bond acceptors (Lipinski definition) is 4. The van der Waals surface area contributed by atoms with Gasteiger partial charge in [-0.15, -0.1) is 0 Å². The lowest BCUT2D eigenvalue weighted by Crippen LogP contribution is -2.36. The van der Waals surface area contributed by atoms with Gasteiger partial charge in [0.05, 0.1) is 19.3 Å². The number of methoxy groups -OCH3 is 1. The molecule has 0 atom stereocenters. The second kappa shape index (κ2) is 9.47. The highest BCUT2D eigenvalue weighted by molar-refractivity contribution is 6.10. The Morgan fingerprint density at radius 2 is 1.81 bits per heavy atom. The van der Waals surface area contributed by atoms with Gasteiger partial charge in [0.25, 0.3) is 5.91 Å². The van der Waals surface area contributed by atoms with Crippen LogP contribution >= 0.6 is 0 Å². The van der Waals surface area contributed by atoms with Crippen molar-refractivity contribution in [3.63, 3.8) is 0 Å². The Morgan fingerprint density at radius 1 is 1.10 bits per heavy atom. The van der Waals surface area contributed by atoms with Crippen LogP contribution in [0.2, 0.25) is 0 Å². The fraction of sp³-hybridized carbons (Fsp3) is 0.292. The van der Waals surface area contributed by atoms with E-state index in [2.05, 4.69) is 33.7 Å². The van der Waals surface area contributed by atoms with Gasteiger partial charge < -0.3 is 10.1 Å². The molecule has 7 heteroatoms. The highest BCUT2D eigenvalue weighted by Gasteiger charge is 2.13. The first-order valence-electron chi connectivity index (χ1n) is 10.1. The van der Waals surface area contributed by atoms with Gasteiger partial charge in [0.15, 0.2) is 0 Å². The van der Waals surface area contributed by atoms with Crippen LogP contribution < -0.4 is 15.4 Å². The quantitative estimate of drug-likeness (QED) is 0.483. The van der Waals surface area contributed by atoms with E-state index >= 15 is 0 Å². The summed E-state index contributed by atoms with van der Waals surface area (Å²) in [5, 5.41) is 10.7. The summed E-state index contributed by atoms with van der Waals surface area (Å²) >= 11 is 0. The maximum Gasteiger partial charge on any atom is 0.257 e. The molecule has 0 saturated heterocycles. The third kappa shape index (κ3) is 5.12. The molecule has 0 aliphatic rings. The van der Waals surface area contributed by atoms with Crippen LogP contribution in [0.25, 0.3) is 0 Å². The Kier molecular flexibility index (Phi) is 6.74. The van der Waals surface area contributed by atoms with Crippen LogP contribution in [0.4, 0.5) is 5.69 Å². The summed E-state index contributed by atoms with van der Waals surface area (Å²) in [6.45, 7) is 8.47. The van der Waals surface area contributed by atoms with Crippen molar-refractivity contribution in [1.82, 2.24) is 15.1 Å². The van der Waals surface area contributed by atoms with Crippen molar-refractivity contribution in [3.05, 3.63) is 76.1 Å². The fourth-order valence-corrected chi connectivity index (χ4v) is 3.25. The van der Waals surface area contributed by atoms with Gasteiger partial charge in [-0.1, -0.05) is 12.1 Å². The summed E-state index contributed by atoms with van der Waals surface area (Å²) in [6, 6.07) is 13.0. The molecular formula is C24H29N5O2. The van der Waals surface area contributed by atoms with Gasteiger partial charge in [-0.2, -0.15) is 5.10 Å². The average Bonchev–Trinajstić information content (AvgIpc) is 3.00. The first-order valence-corrected chi connectivity index (χ1v) is 10.1. The molecule has 0 radical (unpaired) electrons. The highest BCUT2D eigenvalue weighted by atomic mass is 16.5. The molecule has 31 heavy (non-hydrogen) atoms. The van der Waals surface area contributed by atoms with E-state index in [-0.39, 0.29) is 5.91 Å². The van der Waals surface area contributed by atoms with Crippen LogP contribution in [0.1, 0.15) is 38.4 Å². The Morgan fingerprint density at radius 3 is 2.42 bits per heavy atom. The first-order chi connectivity index (χ1) is 14.8. The monoisotopic (exact) mass is 419 g/mol. The largest absolute Gasteiger partial charge is 0.497 e. The molecule has 1 amide bonds. The molecule has 7 nitrogen and oxygen atoms in total. The van der Waals surface area contributed by atoms with Crippen molar-refractivity contribution < 1.29 is 9.53 Å². The normalized spacial score (nSPS) is 11.4. The zero-order valence-electron chi connectivity index (χ0n) is 18.9. The van der Waals surface area contributed by atoms with Gasteiger partial charge in [-0.25, -0.2) is 4.99 Å². The topological polar surface area (TPSA) is 80.5 Å². The smallest absolute Gasteiger partial charge is 0.257 e. The number of hydrogen-bond donors (Lipinski definition) is 2. The van der Waals surface area contributed by atoms with Crippen LogP contribution in [0.5, 0.6) is 5.75 Å². The Hall–Kier alpha value is -3.61. The predicted octanol–water partition coefficient (Wildman–Crippen LogP) is 4.06. The molecule has 0 bridgehead atoms. The molecule has 3 aromatic rings. The van der Waals surface area contributed by atoms with Crippen LogP contribution in [-0.4, -0.2) is 28.8 Å². The van der Waals surface area contributed by atoms with E-state index in [0.29, 0.717) is 23.8 Å². The van der Waals surface area contributed by atoms with E-state index in [0.717, 1.165) is 33.8 Å². The van der Waals surface area contributed by atoms with E-state index in [4.69, 9.17) is 4.74 Å². The number of anilines is 1. The van der Waals surface area contributed by atoms with Crippen molar-refractivity contribution in [1.29, 1.82) is 0 Å². The summed E-state index contributed by atoms with van der Waals surface area (Å²) < 4.78 is 7.01. The number of nitrogens with one attached hydrogen (secondary N) is 2. The maximum atomic E-state index is 12.9. The summed E-state index contributed by atoms with van der Waals surface area (Å²) in [7, 11) is 3.51. The van der Waals surface area contributed by atoms with Crippen LogP contribution in [0.15, 0.2) is 47.5 Å². The molecule has 0 unspecified atom stereocenters. The van der Waals surface area contributed by atoms with Crippen molar-refractivity contribution in [2.75, 3.05) is 12.4 Å². The van der Waals surface area contributed by atoms with Gasteiger partial charge in [-0.05, 0) is 69.2 Å². The lowest BCUT2D eigenvalue weighted by Gasteiger charge is -2.15. The molecular weight excluding hydrogens is 390 g/mol. The number of aromatic nitrogens is 2. The second-order valence-electron chi connectivity index (χ2n) is 7.49. The van der Waals surface area contributed by atoms with Gasteiger partial charge in [-0.3, -0.25) is 14.8 Å². The molecule has 162 valence electrons. The molecule has 0 aliphatic carbocycles. The lowest BCUT2D eigenvalue weighted by molar-refractivity contribution is 0.0977. The van der Waals surface area contributed by atoms with Crippen molar-refractivity contribution >= 4 is 17.6 Å². The summed E-state index contributed by atoms with van der Waals surface area (Å²) in [6.07, 6.45) is 0. The number of aliphatic imine (C=N–C) groups is 1. The minimum absolute atomic E-state index is 0.251. The van der Waals surface area contributed by atoms with Crippen LogP contribution in [-0.2, 0) is 13.6 Å². The van der Waals surface area contributed by atoms with E-state index in [9.17, 15) is 4.79 Å². The first kappa shape index (κ1) is 22.1. The summed E-state index contributed by atoms with van der Waals surface area (Å²) in [4.78, 5) is 17.5. The number of carbonyl (C=O) groups excluding carboxylic acids is 1. The number of guanidine groups is 1. The standard InChI is InChI=1S/C24H29N5O2/c1-15-8-7-9-22(16(15)2)26-24(25-14-21-17(3)28-29(5)18(21)4)27-23(30)19-10-12-20(31-6)13-11-19/h7-13H,14H2,1-6H3,(H2,25,26,27,30). The highest BCUT2D eigenvalue weighted by Crippen LogP contribution is 2.19. The zero-order chi connectivity index (χ0) is 22.5. The number of nitrogens with zero attached hydrogens (tertiary/aromatic N) is 3. The third-order valence-corrected chi connectivity index (χ3v) is 5.50. The third-order valence-electron chi connectivity index (χ3n) is 5.50. The number of benzene rings is 2. The molecule has 2 aromatic carbocycles. The van der Waals surface area contributed by atoms with Crippen molar-refractivity contribution in [2.24, 2.45) is 12.0 Å². The number of aryl methyl sites for hydroxylation is 3. The number of rotatable bonds is 5. The molecule has 3 rings (SSSR count).